The summed E-state index contributed by atoms with van der Waals surface area (Å²) in [6.07, 6.45) is 4.09. The van der Waals surface area contributed by atoms with Gasteiger partial charge in [0.25, 0.3) is 0 Å². The van der Waals surface area contributed by atoms with Crippen LogP contribution < -0.4 is 5.73 Å². The molecule has 0 spiro atoms. The molecule has 1 aromatic carbocycles. The second-order valence-corrected chi connectivity index (χ2v) is 6.64. The fraction of sp³-hybridized carbons (Fsp3) is 0.500. The number of aromatic hydroxyl groups is 1. The Labute approximate surface area is 124 Å². The van der Waals surface area contributed by atoms with Crippen molar-refractivity contribution in [1.82, 2.24) is 4.90 Å². The topological polar surface area (TPSA) is 49.5 Å². The number of benzene rings is 1. The summed E-state index contributed by atoms with van der Waals surface area (Å²) in [5.41, 5.74) is 7.03. The van der Waals surface area contributed by atoms with Crippen LogP contribution in [-0.2, 0) is 6.54 Å². The summed E-state index contributed by atoms with van der Waals surface area (Å²) in [6.45, 7) is 2.86. The molecule has 3 nitrogen and oxygen atoms in total. The summed E-state index contributed by atoms with van der Waals surface area (Å²) in [5, 5.41) is 9.48. The summed E-state index contributed by atoms with van der Waals surface area (Å²) in [7, 11) is 0. The van der Waals surface area contributed by atoms with Gasteiger partial charge in [-0.1, -0.05) is 24.4 Å². The van der Waals surface area contributed by atoms with Gasteiger partial charge in [-0.3, -0.25) is 4.90 Å². The summed E-state index contributed by atoms with van der Waals surface area (Å²) in [4.78, 5) is 3.03. The highest BCUT2D eigenvalue weighted by Crippen LogP contribution is 2.35. The maximum atomic E-state index is 9.48. The number of rotatable bonds is 4. The molecule has 3 N–H and O–H groups in total. The van der Waals surface area contributed by atoms with Crippen LogP contribution in [0.1, 0.15) is 18.4 Å². The first-order valence-corrected chi connectivity index (χ1v) is 8.04. The molecule has 1 heterocycles. The quantitative estimate of drug-likeness (QED) is 0.836. The lowest BCUT2D eigenvalue weighted by Crippen LogP contribution is -2.48. The minimum absolute atomic E-state index is 0.0232. The Morgan fingerprint density at radius 2 is 2.16 bits per heavy atom. The maximum Gasteiger partial charge on any atom is 0.115 e. The number of phenols is 1. The van der Waals surface area contributed by atoms with Gasteiger partial charge >= 0.3 is 0 Å². The van der Waals surface area contributed by atoms with E-state index in [1.54, 1.807) is 17.8 Å². The van der Waals surface area contributed by atoms with Gasteiger partial charge < -0.3 is 10.8 Å². The predicted molar refractivity (Wildman–Crippen MR) is 85.6 cm³/mol. The molecule has 0 unspecified atom stereocenters. The molecule has 2 rings (SSSR count). The van der Waals surface area contributed by atoms with Crippen LogP contribution in [0.3, 0.4) is 0 Å². The highest BCUT2D eigenvalue weighted by Gasteiger charge is 2.36. The standard InChI is InChI=1S/C14H20N2OS2/c1-19-14(13(15)18)5-7-16(8-6-14)10-11-3-2-4-12(17)9-11/h2-4,9,17H,5-8,10H2,1H3,(H2,15,18). The van der Waals surface area contributed by atoms with E-state index in [0.29, 0.717) is 10.7 Å². The summed E-state index contributed by atoms with van der Waals surface area (Å²) in [5.74, 6) is 0.330. The number of piperidine rings is 1. The zero-order chi connectivity index (χ0) is 13.9. The third kappa shape index (κ3) is 3.41. The van der Waals surface area contributed by atoms with Crippen LogP contribution in [0.15, 0.2) is 24.3 Å². The summed E-state index contributed by atoms with van der Waals surface area (Å²) < 4.78 is -0.0232. The molecule has 0 aromatic heterocycles. The van der Waals surface area contributed by atoms with Crippen molar-refractivity contribution in [3.8, 4) is 5.75 Å². The van der Waals surface area contributed by atoms with Gasteiger partial charge in [-0.05, 0) is 36.8 Å². The van der Waals surface area contributed by atoms with Crippen molar-refractivity contribution in [2.45, 2.75) is 24.1 Å². The van der Waals surface area contributed by atoms with E-state index in [1.807, 2.05) is 18.2 Å². The number of hydrogen-bond donors (Lipinski definition) is 2. The lowest BCUT2D eigenvalue weighted by Gasteiger charge is -2.40. The molecule has 1 aromatic rings. The van der Waals surface area contributed by atoms with Crippen LogP contribution in [0, 0.1) is 0 Å². The number of nitrogens with two attached hydrogens (primary N) is 1. The fourth-order valence-corrected chi connectivity index (χ4v) is 3.78. The van der Waals surface area contributed by atoms with E-state index >= 15 is 0 Å². The van der Waals surface area contributed by atoms with E-state index in [4.69, 9.17) is 18.0 Å². The van der Waals surface area contributed by atoms with Gasteiger partial charge in [0.1, 0.15) is 5.75 Å². The molecule has 19 heavy (non-hydrogen) atoms. The monoisotopic (exact) mass is 296 g/mol. The third-order valence-corrected chi connectivity index (χ3v) is 5.75. The second kappa shape index (κ2) is 6.11. The van der Waals surface area contributed by atoms with Gasteiger partial charge in [-0.25, -0.2) is 0 Å². The molecule has 0 radical (unpaired) electrons. The Balaban J connectivity index is 1.95. The van der Waals surface area contributed by atoms with Crippen LogP contribution in [-0.4, -0.2) is 39.1 Å². The molecule has 1 saturated heterocycles. The highest BCUT2D eigenvalue weighted by atomic mass is 32.2. The molecular weight excluding hydrogens is 276 g/mol. The Kier molecular flexibility index (Phi) is 4.71. The van der Waals surface area contributed by atoms with E-state index in [1.165, 1.54) is 0 Å². The molecule has 0 saturated carbocycles. The highest BCUT2D eigenvalue weighted by molar-refractivity contribution is 8.02. The predicted octanol–water partition coefficient (Wildman–Crippen LogP) is 2.38. The largest absolute Gasteiger partial charge is 0.508 e. The average Bonchev–Trinajstić information content (AvgIpc) is 2.39. The van der Waals surface area contributed by atoms with Gasteiger partial charge in [0.2, 0.25) is 0 Å². The van der Waals surface area contributed by atoms with Crippen LogP contribution in [0.2, 0.25) is 0 Å². The first kappa shape index (κ1) is 14.6. The van der Waals surface area contributed by atoms with Crippen LogP contribution in [0.5, 0.6) is 5.75 Å². The number of thioether (sulfide) groups is 1. The molecule has 1 fully saturated rings. The second-order valence-electron chi connectivity index (χ2n) is 5.01. The number of thiocarbonyl (C=S) groups is 1. The molecule has 1 aliphatic heterocycles. The van der Waals surface area contributed by atoms with Crippen LogP contribution in [0.25, 0.3) is 0 Å². The number of likely N-dealkylation sites (tertiary alicyclic amines) is 1. The van der Waals surface area contributed by atoms with Gasteiger partial charge in [0.15, 0.2) is 0 Å². The third-order valence-electron chi connectivity index (χ3n) is 3.82. The van der Waals surface area contributed by atoms with Crippen molar-refractivity contribution >= 4 is 29.0 Å². The van der Waals surface area contributed by atoms with E-state index in [-0.39, 0.29) is 4.75 Å². The van der Waals surface area contributed by atoms with Crippen LogP contribution >= 0.6 is 24.0 Å². The van der Waals surface area contributed by atoms with E-state index < -0.39 is 0 Å². The number of nitrogens with zero attached hydrogens (tertiary/aromatic N) is 1. The first-order chi connectivity index (χ1) is 9.05. The van der Waals surface area contributed by atoms with E-state index in [2.05, 4.69) is 11.2 Å². The van der Waals surface area contributed by atoms with Gasteiger partial charge in [0.05, 0.1) is 9.74 Å². The average molecular weight is 296 g/mol. The summed E-state index contributed by atoms with van der Waals surface area (Å²) in [6, 6.07) is 7.45. The fourth-order valence-electron chi connectivity index (χ4n) is 2.54. The molecule has 104 valence electrons. The smallest absolute Gasteiger partial charge is 0.115 e. The minimum atomic E-state index is -0.0232. The van der Waals surface area contributed by atoms with Crippen molar-refractivity contribution in [2.75, 3.05) is 19.3 Å². The lowest BCUT2D eigenvalue weighted by atomic mass is 9.95. The number of hydrogen-bond acceptors (Lipinski definition) is 4. The number of phenolic OH excluding ortho intramolecular Hbond substituents is 1. The maximum absolute atomic E-state index is 9.48. The zero-order valence-electron chi connectivity index (χ0n) is 11.1. The minimum Gasteiger partial charge on any atom is -0.508 e. The first-order valence-electron chi connectivity index (χ1n) is 6.41. The van der Waals surface area contributed by atoms with Crippen molar-refractivity contribution in [3.63, 3.8) is 0 Å². The Morgan fingerprint density at radius 3 is 2.68 bits per heavy atom. The zero-order valence-corrected chi connectivity index (χ0v) is 12.8. The Bertz CT molecular complexity index is 457. The Hall–Kier alpha value is -0.780. The normalized spacial score (nSPS) is 19.2. The van der Waals surface area contributed by atoms with Crippen molar-refractivity contribution in [3.05, 3.63) is 29.8 Å². The molecular formula is C14H20N2OS2. The lowest BCUT2D eigenvalue weighted by molar-refractivity contribution is 0.212. The molecule has 0 amide bonds. The van der Waals surface area contributed by atoms with E-state index in [0.717, 1.165) is 38.0 Å². The molecule has 0 bridgehead atoms. The van der Waals surface area contributed by atoms with Gasteiger partial charge in [0, 0.05) is 19.6 Å². The SMILES string of the molecule is CSC1(C(N)=S)CCN(Cc2cccc(O)c2)CC1. The van der Waals surface area contributed by atoms with Crippen molar-refractivity contribution in [1.29, 1.82) is 0 Å². The molecule has 1 aliphatic rings. The molecule has 0 aliphatic carbocycles. The van der Waals surface area contributed by atoms with Crippen molar-refractivity contribution < 1.29 is 5.11 Å². The van der Waals surface area contributed by atoms with Gasteiger partial charge in [-0.15, -0.1) is 0 Å². The summed E-state index contributed by atoms with van der Waals surface area (Å²) >= 11 is 7.00. The van der Waals surface area contributed by atoms with E-state index in [9.17, 15) is 5.11 Å². The van der Waals surface area contributed by atoms with Gasteiger partial charge in [-0.2, -0.15) is 11.8 Å². The molecule has 0 atom stereocenters. The van der Waals surface area contributed by atoms with Crippen LogP contribution in [0.4, 0.5) is 0 Å². The molecule has 5 heteroatoms. The Morgan fingerprint density at radius 1 is 1.47 bits per heavy atom. The van der Waals surface area contributed by atoms with Crippen molar-refractivity contribution in [2.24, 2.45) is 5.73 Å².